The summed E-state index contributed by atoms with van der Waals surface area (Å²) >= 11 is 3.27. The van der Waals surface area contributed by atoms with Gasteiger partial charge >= 0.3 is 0 Å². The van der Waals surface area contributed by atoms with Gasteiger partial charge in [0.05, 0.1) is 4.90 Å². The van der Waals surface area contributed by atoms with Crippen LogP contribution in [0.25, 0.3) is 0 Å². The number of halogens is 1. The van der Waals surface area contributed by atoms with Crippen molar-refractivity contribution in [3.8, 4) is 0 Å². The topological polar surface area (TPSA) is 66.5 Å². The Morgan fingerprint density at radius 1 is 1.16 bits per heavy atom. The van der Waals surface area contributed by atoms with Crippen molar-refractivity contribution in [1.29, 1.82) is 0 Å². The first-order valence-corrected chi connectivity index (χ1v) is 10.2. The van der Waals surface area contributed by atoms with Crippen molar-refractivity contribution in [3.05, 3.63) is 58.6 Å². The Morgan fingerprint density at radius 3 is 2.44 bits per heavy atom. The molecule has 0 fully saturated rings. The third-order valence-electron chi connectivity index (χ3n) is 3.69. The molecule has 2 rings (SSSR count). The summed E-state index contributed by atoms with van der Waals surface area (Å²) in [4.78, 5) is 14.3. The van der Waals surface area contributed by atoms with Gasteiger partial charge in [0.25, 0.3) is 0 Å². The van der Waals surface area contributed by atoms with E-state index in [1.807, 2.05) is 38.1 Å². The van der Waals surface area contributed by atoms with E-state index >= 15 is 0 Å². The molecule has 0 bridgehead atoms. The van der Waals surface area contributed by atoms with E-state index in [2.05, 4.69) is 20.7 Å². The maximum atomic E-state index is 12.4. The number of nitrogens with zero attached hydrogens (tertiary/aromatic N) is 1. The number of nitrogens with one attached hydrogen (secondary N) is 1. The highest BCUT2D eigenvalue weighted by Crippen LogP contribution is 2.17. The molecule has 1 N–H and O–H groups in total. The molecule has 0 aliphatic rings. The van der Waals surface area contributed by atoms with Crippen LogP contribution in [0, 0.1) is 6.92 Å². The fourth-order valence-corrected chi connectivity index (χ4v) is 3.72. The molecular formula is C18H21BrN2O3S. The molecule has 25 heavy (non-hydrogen) atoms. The van der Waals surface area contributed by atoms with Gasteiger partial charge in [-0.15, -0.1) is 0 Å². The van der Waals surface area contributed by atoms with Crippen molar-refractivity contribution in [1.82, 2.24) is 4.72 Å². The van der Waals surface area contributed by atoms with Gasteiger partial charge in [-0.25, -0.2) is 13.1 Å². The van der Waals surface area contributed by atoms with Gasteiger partial charge in [0, 0.05) is 29.7 Å². The average molecular weight is 425 g/mol. The fraction of sp³-hybridized carbons (Fsp3) is 0.278. The molecule has 7 heteroatoms. The van der Waals surface area contributed by atoms with E-state index < -0.39 is 10.0 Å². The molecular weight excluding hydrogens is 404 g/mol. The zero-order chi connectivity index (χ0) is 18.4. The number of hydrogen-bond acceptors (Lipinski definition) is 3. The largest absolute Gasteiger partial charge is 0.313 e. The smallest absolute Gasteiger partial charge is 0.240 e. The molecule has 2 aromatic rings. The van der Waals surface area contributed by atoms with Gasteiger partial charge in [-0.3, -0.25) is 4.79 Å². The zero-order valence-electron chi connectivity index (χ0n) is 14.2. The first kappa shape index (κ1) is 19.6. The first-order valence-electron chi connectivity index (χ1n) is 7.96. The van der Waals surface area contributed by atoms with Crippen molar-refractivity contribution < 1.29 is 13.2 Å². The number of amides is 1. The Balaban J connectivity index is 1.98. The summed E-state index contributed by atoms with van der Waals surface area (Å²) in [6.07, 6.45) is 0.0948. The highest BCUT2D eigenvalue weighted by atomic mass is 79.9. The maximum Gasteiger partial charge on any atom is 0.240 e. The zero-order valence-corrected chi connectivity index (χ0v) is 16.6. The fourth-order valence-electron chi connectivity index (χ4n) is 2.42. The lowest BCUT2D eigenvalue weighted by molar-refractivity contribution is -0.118. The molecule has 0 spiro atoms. The molecule has 134 valence electrons. The molecule has 1 amide bonds. The molecule has 5 nitrogen and oxygen atoms in total. The van der Waals surface area contributed by atoms with Gasteiger partial charge in [-0.05, 0) is 55.8 Å². The summed E-state index contributed by atoms with van der Waals surface area (Å²) < 4.78 is 27.7. The highest BCUT2D eigenvalue weighted by molar-refractivity contribution is 9.10. The van der Waals surface area contributed by atoms with E-state index in [1.165, 1.54) is 12.1 Å². The number of rotatable bonds is 7. The van der Waals surface area contributed by atoms with Gasteiger partial charge in [-0.2, -0.15) is 0 Å². The molecule has 0 aliphatic heterocycles. The van der Waals surface area contributed by atoms with Crippen molar-refractivity contribution in [2.75, 3.05) is 18.0 Å². The molecule has 0 aromatic heterocycles. The number of aryl methyl sites for hydroxylation is 1. The standard InChI is InChI=1S/C18H21BrN2O3S/c1-3-21(16-6-4-5-14(2)13-16)18(22)11-12-20-25(23,24)17-9-7-15(19)8-10-17/h4-10,13,20H,3,11-12H2,1-2H3. The minimum absolute atomic E-state index is 0.0551. The van der Waals surface area contributed by atoms with Crippen LogP contribution in [0.2, 0.25) is 0 Å². The third-order valence-corrected chi connectivity index (χ3v) is 5.69. The van der Waals surface area contributed by atoms with Gasteiger partial charge < -0.3 is 4.90 Å². The van der Waals surface area contributed by atoms with E-state index in [4.69, 9.17) is 0 Å². The van der Waals surface area contributed by atoms with E-state index in [1.54, 1.807) is 17.0 Å². The van der Waals surface area contributed by atoms with E-state index in [0.29, 0.717) is 6.54 Å². The Kier molecular flexibility index (Phi) is 6.75. The van der Waals surface area contributed by atoms with Gasteiger partial charge in [-0.1, -0.05) is 28.1 Å². The predicted molar refractivity (Wildman–Crippen MR) is 103 cm³/mol. The Bertz CT molecular complexity index is 836. The molecule has 0 aliphatic carbocycles. The maximum absolute atomic E-state index is 12.4. The Hall–Kier alpha value is -1.70. The molecule has 0 radical (unpaired) electrons. The SMILES string of the molecule is CCN(C(=O)CCNS(=O)(=O)c1ccc(Br)cc1)c1cccc(C)c1. The van der Waals surface area contributed by atoms with Crippen LogP contribution >= 0.6 is 15.9 Å². The first-order chi connectivity index (χ1) is 11.8. The molecule has 2 aromatic carbocycles. The number of sulfonamides is 1. The molecule has 0 unspecified atom stereocenters. The molecule has 0 atom stereocenters. The van der Waals surface area contributed by atoms with Crippen molar-refractivity contribution >= 4 is 37.5 Å². The normalized spacial score (nSPS) is 11.3. The highest BCUT2D eigenvalue weighted by Gasteiger charge is 2.17. The summed E-state index contributed by atoms with van der Waals surface area (Å²) in [6, 6.07) is 14.0. The average Bonchev–Trinajstić information content (AvgIpc) is 2.56. The summed E-state index contributed by atoms with van der Waals surface area (Å²) in [5.41, 5.74) is 1.89. The van der Waals surface area contributed by atoms with Crippen LogP contribution in [0.3, 0.4) is 0 Å². The summed E-state index contributed by atoms with van der Waals surface area (Å²) in [5.74, 6) is -0.119. The second-order valence-corrected chi connectivity index (χ2v) is 8.26. The van der Waals surface area contributed by atoms with Crippen molar-refractivity contribution in [3.63, 3.8) is 0 Å². The lowest BCUT2D eigenvalue weighted by Crippen LogP contribution is -2.34. The minimum Gasteiger partial charge on any atom is -0.313 e. The van der Waals surface area contributed by atoms with Crippen LogP contribution in [0.15, 0.2) is 57.9 Å². The monoisotopic (exact) mass is 424 g/mol. The number of benzene rings is 2. The van der Waals surface area contributed by atoms with Crippen LogP contribution in [0.4, 0.5) is 5.69 Å². The third kappa shape index (κ3) is 5.39. The van der Waals surface area contributed by atoms with Gasteiger partial charge in [0.2, 0.25) is 15.9 Å². The van der Waals surface area contributed by atoms with Crippen LogP contribution < -0.4 is 9.62 Å². The Labute approximate surface area is 157 Å². The lowest BCUT2D eigenvalue weighted by atomic mass is 10.2. The molecule has 0 saturated heterocycles. The van der Waals surface area contributed by atoms with Crippen LogP contribution in [0.1, 0.15) is 18.9 Å². The molecule has 0 heterocycles. The minimum atomic E-state index is -3.62. The van der Waals surface area contributed by atoms with Crippen LogP contribution in [-0.4, -0.2) is 27.4 Å². The number of carbonyl (C=O) groups excluding carboxylic acids is 1. The summed E-state index contributed by atoms with van der Waals surface area (Å²) in [6.45, 7) is 4.45. The predicted octanol–water partition coefficient (Wildman–Crippen LogP) is 3.48. The number of hydrogen-bond donors (Lipinski definition) is 1. The van der Waals surface area contributed by atoms with E-state index in [9.17, 15) is 13.2 Å². The number of carbonyl (C=O) groups is 1. The quantitative estimate of drug-likeness (QED) is 0.739. The van der Waals surface area contributed by atoms with Gasteiger partial charge in [0.15, 0.2) is 0 Å². The van der Waals surface area contributed by atoms with Crippen molar-refractivity contribution in [2.45, 2.75) is 25.2 Å². The second kappa shape index (κ2) is 8.60. The lowest BCUT2D eigenvalue weighted by Gasteiger charge is -2.21. The van der Waals surface area contributed by atoms with Crippen LogP contribution in [-0.2, 0) is 14.8 Å². The molecule has 0 saturated carbocycles. The summed E-state index contributed by atoms with van der Waals surface area (Å²) in [7, 11) is -3.62. The summed E-state index contributed by atoms with van der Waals surface area (Å²) in [5, 5.41) is 0. The number of anilines is 1. The van der Waals surface area contributed by atoms with Crippen molar-refractivity contribution in [2.24, 2.45) is 0 Å². The van der Waals surface area contributed by atoms with Crippen LogP contribution in [0.5, 0.6) is 0 Å². The van der Waals surface area contributed by atoms with E-state index in [0.717, 1.165) is 15.7 Å². The van der Waals surface area contributed by atoms with Gasteiger partial charge in [0.1, 0.15) is 0 Å². The van der Waals surface area contributed by atoms with E-state index in [-0.39, 0.29) is 23.8 Å². The Morgan fingerprint density at radius 2 is 1.84 bits per heavy atom. The second-order valence-electron chi connectivity index (χ2n) is 5.58.